The van der Waals surface area contributed by atoms with Crippen LogP contribution in [-0.4, -0.2) is 23.6 Å². The number of nitrogens with one attached hydrogen (secondary N) is 2. The molecule has 2 N–H and O–H groups in total. The molecule has 1 heterocycles. The second-order valence-corrected chi connectivity index (χ2v) is 4.91. The predicted octanol–water partition coefficient (Wildman–Crippen LogP) is 2.37. The van der Waals surface area contributed by atoms with Crippen LogP contribution in [-0.2, 0) is 0 Å². The van der Waals surface area contributed by atoms with Gasteiger partial charge in [-0.05, 0) is 24.2 Å². The van der Waals surface area contributed by atoms with Gasteiger partial charge in [-0.15, -0.1) is 0 Å². The van der Waals surface area contributed by atoms with Crippen molar-refractivity contribution in [2.75, 3.05) is 24.2 Å². The van der Waals surface area contributed by atoms with Gasteiger partial charge in [0.1, 0.15) is 18.0 Å². The molecule has 0 saturated heterocycles. The van der Waals surface area contributed by atoms with E-state index in [1.54, 1.807) is 6.33 Å². The molecule has 16 heavy (non-hydrogen) atoms. The third-order valence-electron chi connectivity index (χ3n) is 3.66. The molecule has 1 aromatic heterocycles. The van der Waals surface area contributed by atoms with Gasteiger partial charge in [-0.2, -0.15) is 0 Å². The minimum atomic E-state index is 0.505. The lowest BCUT2D eigenvalue weighted by molar-refractivity contribution is 0.380. The fourth-order valence-electron chi connectivity index (χ4n) is 1.98. The van der Waals surface area contributed by atoms with Gasteiger partial charge in [0, 0.05) is 19.7 Å². The molecule has 1 aliphatic rings. The quantitative estimate of drug-likeness (QED) is 0.800. The van der Waals surface area contributed by atoms with Crippen molar-refractivity contribution < 1.29 is 0 Å². The number of hydrogen-bond donors (Lipinski definition) is 2. The maximum Gasteiger partial charge on any atom is 0.131 e. The van der Waals surface area contributed by atoms with Crippen LogP contribution in [0.5, 0.6) is 0 Å². The SMILES string of the molecule is CNc1cc(NCC2(C(C)C)CC2)ncn1. The second kappa shape index (κ2) is 4.28. The summed E-state index contributed by atoms with van der Waals surface area (Å²) in [6, 6.07) is 1.94. The Bertz CT molecular complexity index is 358. The van der Waals surface area contributed by atoms with Gasteiger partial charge in [0.2, 0.25) is 0 Å². The summed E-state index contributed by atoms with van der Waals surface area (Å²) < 4.78 is 0. The van der Waals surface area contributed by atoms with Gasteiger partial charge in [0.15, 0.2) is 0 Å². The first-order chi connectivity index (χ1) is 7.66. The van der Waals surface area contributed by atoms with E-state index < -0.39 is 0 Å². The first kappa shape index (κ1) is 11.2. The average Bonchev–Trinajstić information content (AvgIpc) is 3.08. The molecule has 88 valence electrons. The van der Waals surface area contributed by atoms with Gasteiger partial charge < -0.3 is 10.6 Å². The molecule has 4 nitrogen and oxygen atoms in total. The lowest BCUT2D eigenvalue weighted by Crippen LogP contribution is -2.21. The summed E-state index contributed by atoms with van der Waals surface area (Å²) in [5, 5.41) is 6.42. The molecule has 1 fully saturated rings. The summed E-state index contributed by atoms with van der Waals surface area (Å²) in [6.07, 6.45) is 4.26. The summed E-state index contributed by atoms with van der Waals surface area (Å²) in [5.74, 6) is 2.50. The van der Waals surface area contributed by atoms with Gasteiger partial charge in [-0.3, -0.25) is 0 Å². The van der Waals surface area contributed by atoms with Crippen molar-refractivity contribution in [2.24, 2.45) is 11.3 Å². The van der Waals surface area contributed by atoms with E-state index in [4.69, 9.17) is 0 Å². The maximum atomic E-state index is 4.22. The zero-order valence-electron chi connectivity index (χ0n) is 10.2. The van der Waals surface area contributed by atoms with Crippen LogP contribution in [0.25, 0.3) is 0 Å². The Kier molecular flexibility index (Phi) is 2.99. The van der Waals surface area contributed by atoms with E-state index in [0.717, 1.165) is 24.1 Å². The molecule has 1 saturated carbocycles. The van der Waals surface area contributed by atoms with Crippen LogP contribution in [0.1, 0.15) is 26.7 Å². The van der Waals surface area contributed by atoms with E-state index >= 15 is 0 Å². The lowest BCUT2D eigenvalue weighted by atomic mass is 9.92. The van der Waals surface area contributed by atoms with Crippen molar-refractivity contribution in [2.45, 2.75) is 26.7 Å². The molecule has 0 spiro atoms. The van der Waals surface area contributed by atoms with E-state index in [9.17, 15) is 0 Å². The Balaban J connectivity index is 1.94. The topological polar surface area (TPSA) is 49.8 Å². The van der Waals surface area contributed by atoms with Crippen LogP contribution in [0.3, 0.4) is 0 Å². The van der Waals surface area contributed by atoms with Crippen molar-refractivity contribution in [3.8, 4) is 0 Å². The number of aromatic nitrogens is 2. The summed E-state index contributed by atoms with van der Waals surface area (Å²) in [5.41, 5.74) is 0.505. The largest absolute Gasteiger partial charge is 0.373 e. The van der Waals surface area contributed by atoms with Gasteiger partial charge in [-0.25, -0.2) is 9.97 Å². The Hall–Kier alpha value is -1.32. The molecule has 1 aliphatic carbocycles. The van der Waals surface area contributed by atoms with Gasteiger partial charge in [-0.1, -0.05) is 13.8 Å². The first-order valence-electron chi connectivity index (χ1n) is 5.90. The molecular weight excluding hydrogens is 200 g/mol. The minimum Gasteiger partial charge on any atom is -0.373 e. The maximum absolute atomic E-state index is 4.22. The third-order valence-corrected chi connectivity index (χ3v) is 3.66. The van der Waals surface area contributed by atoms with Crippen LogP contribution in [0.15, 0.2) is 12.4 Å². The lowest BCUT2D eigenvalue weighted by Gasteiger charge is -2.20. The molecule has 0 unspecified atom stereocenters. The van der Waals surface area contributed by atoms with E-state index in [1.807, 2.05) is 13.1 Å². The number of hydrogen-bond acceptors (Lipinski definition) is 4. The highest BCUT2D eigenvalue weighted by atomic mass is 15.1. The van der Waals surface area contributed by atoms with Crippen molar-refractivity contribution >= 4 is 11.6 Å². The average molecular weight is 220 g/mol. The Labute approximate surface area is 96.9 Å². The van der Waals surface area contributed by atoms with Crippen molar-refractivity contribution in [3.63, 3.8) is 0 Å². The fraction of sp³-hybridized carbons (Fsp3) is 0.667. The van der Waals surface area contributed by atoms with Crippen molar-refractivity contribution in [3.05, 3.63) is 12.4 Å². The molecule has 0 radical (unpaired) electrons. The minimum absolute atomic E-state index is 0.505. The van der Waals surface area contributed by atoms with Crippen LogP contribution >= 0.6 is 0 Å². The molecule has 0 aliphatic heterocycles. The molecule has 1 aromatic rings. The second-order valence-electron chi connectivity index (χ2n) is 4.91. The van der Waals surface area contributed by atoms with Crippen LogP contribution in [0, 0.1) is 11.3 Å². The zero-order valence-corrected chi connectivity index (χ0v) is 10.2. The monoisotopic (exact) mass is 220 g/mol. The van der Waals surface area contributed by atoms with E-state index in [2.05, 4.69) is 34.4 Å². The molecule has 0 amide bonds. The standard InChI is InChI=1S/C12H20N4/c1-9(2)12(4-5-12)7-14-11-6-10(13-3)15-8-16-11/h6,8-9H,4-5,7H2,1-3H3,(H2,13,14,15,16). The summed E-state index contributed by atoms with van der Waals surface area (Å²) in [4.78, 5) is 8.31. The Morgan fingerprint density at radius 2 is 2.00 bits per heavy atom. The number of rotatable bonds is 5. The summed E-state index contributed by atoms with van der Waals surface area (Å²) in [6.45, 7) is 5.62. The normalized spacial score (nSPS) is 17.2. The van der Waals surface area contributed by atoms with Crippen LogP contribution < -0.4 is 10.6 Å². The predicted molar refractivity (Wildman–Crippen MR) is 66.6 cm³/mol. The van der Waals surface area contributed by atoms with Gasteiger partial charge in [0.05, 0.1) is 0 Å². The third kappa shape index (κ3) is 2.26. The molecule has 0 atom stereocenters. The smallest absolute Gasteiger partial charge is 0.131 e. The highest BCUT2D eigenvalue weighted by Gasteiger charge is 2.44. The highest BCUT2D eigenvalue weighted by Crippen LogP contribution is 2.51. The molecule has 0 bridgehead atoms. The van der Waals surface area contributed by atoms with E-state index in [1.165, 1.54) is 12.8 Å². The fourth-order valence-corrected chi connectivity index (χ4v) is 1.98. The van der Waals surface area contributed by atoms with E-state index in [-0.39, 0.29) is 0 Å². The van der Waals surface area contributed by atoms with E-state index in [0.29, 0.717) is 5.41 Å². The summed E-state index contributed by atoms with van der Waals surface area (Å²) >= 11 is 0. The summed E-state index contributed by atoms with van der Waals surface area (Å²) in [7, 11) is 1.86. The van der Waals surface area contributed by atoms with Crippen molar-refractivity contribution in [1.29, 1.82) is 0 Å². The highest BCUT2D eigenvalue weighted by molar-refractivity contribution is 5.46. The molecular formula is C12H20N4. The molecule has 0 aromatic carbocycles. The van der Waals surface area contributed by atoms with Crippen LogP contribution in [0.4, 0.5) is 11.6 Å². The first-order valence-corrected chi connectivity index (χ1v) is 5.90. The Morgan fingerprint density at radius 3 is 2.56 bits per heavy atom. The van der Waals surface area contributed by atoms with Gasteiger partial charge >= 0.3 is 0 Å². The number of nitrogens with zero attached hydrogens (tertiary/aromatic N) is 2. The van der Waals surface area contributed by atoms with Crippen molar-refractivity contribution in [1.82, 2.24) is 9.97 Å². The van der Waals surface area contributed by atoms with Crippen LogP contribution in [0.2, 0.25) is 0 Å². The van der Waals surface area contributed by atoms with Gasteiger partial charge in [0.25, 0.3) is 0 Å². The molecule has 2 rings (SSSR count). The Morgan fingerprint density at radius 1 is 1.31 bits per heavy atom. The molecule has 4 heteroatoms. The number of anilines is 2. The zero-order chi connectivity index (χ0) is 11.6.